The molecule has 0 unspecified atom stereocenters. The van der Waals surface area contributed by atoms with Gasteiger partial charge in [-0.15, -0.1) is 6.58 Å². The summed E-state index contributed by atoms with van der Waals surface area (Å²) < 4.78 is 2.35. The van der Waals surface area contributed by atoms with Gasteiger partial charge in [-0.1, -0.05) is 37.6 Å². The maximum absolute atomic E-state index is 3.99. The third-order valence-electron chi connectivity index (χ3n) is 3.35. The molecule has 0 radical (unpaired) electrons. The molecular weight excluding hydrogens is 232 g/mol. The van der Waals surface area contributed by atoms with E-state index in [1.165, 1.54) is 22.0 Å². The van der Waals surface area contributed by atoms with E-state index in [2.05, 4.69) is 67.7 Å². The van der Waals surface area contributed by atoms with E-state index in [1.807, 2.05) is 0 Å². The van der Waals surface area contributed by atoms with Crippen LogP contribution in [0.3, 0.4) is 0 Å². The Morgan fingerprint density at radius 2 is 2.11 bits per heavy atom. The van der Waals surface area contributed by atoms with Crippen LogP contribution < -0.4 is 5.32 Å². The molecule has 0 aliphatic carbocycles. The summed E-state index contributed by atoms with van der Waals surface area (Å²) in [5.41, 5.74) is 3.97. The van der Waals surface area contributed by atoms with Gasteiger partial charge >= 0.3 is 0 Å². The second-order valence-corrected chi connectivity index (χ2v) is 5.61. The van der Waals surface area contributed by atoms with Gasteiger partial charge in [-0.3, -0.25) is 0 Å². The van der Waals surface area contributed by atoms with E-state index in [4.69, 9.17) is 0 Å². The molecule has 19 heavy (non-hydrogen) atoms. The maximum Gasteiger partial charge on any atom is 0.0525 e. The number of rotatable bonds is 6. The SMILES string of the molecule is C=C(C)CCn1ccc2cccc(CNC(C)C)c21. The molecule has 2 nitrogen and oxygen atoms in total. The van der Waals surface area contributed by atoms with Crippen molar-refractivity contribution in [3.63, 3.8) is 0 Å². The van der Waals surface area contributed by atoms with Gasteiger partial charge in [-0.25, -0.2) is 0 Å². The lowest BCUT2D eigenvalue weighted by Crippen LogP contribution is -2.22. The number of aromatic nitrogens is 1. The van der Waals surface area contributed by atoms with Crippen LogP contribution in [-0.2, 0) is 13.1 Å². The third kappa shape index (κ3) is 3.48. The summed E-state index contributed by atoms with van der Waals surface area (Å²) in [4.78, 5) is 0. The second kappa shape index (κ2) is 6.07. The predicted molar refractivity (Wildman–Crippen MR) is 83.3 cm³/mol. The molecule has 0 fully saturated rings. The number of hydrogen-bond donors (Lipinski definition) is 1. The van der Waals surface area contributed by atoms with Gasteiger partial charge < -0.3 is 9.88 Å². The van der Waals surface area contributed by atoms with Gasteiger partial charge in [-0.05, 0) is 30.4 Å². The molecule has 0 aliphatic heterocycles. The summed E-state index contributed by atoms with van der Waals surface area (Å²) in [6.07, 6.45) is 3.22. The van der Waals surface area contributed by atoms with Gasteiger partial charge in [0.15, 0.2) is 0 Å². The van der Waals surface area contributed by atoms with Crippen LogP contribution in [0.1, 0.15) is 32.8 Å². The van der Waals surface area contributed by atoms with Gasteiger partial charge in [-0.2, -0.15) is 0 Å². The summed E-state index contributed by atoms with van der Waals surface area (Å²) in [6, 6.07) is 9.25. The molecule has 0 aliphatic rings. The molecule has 1 N–H and O–H groups in total. The molecule has 0 atom stereocenters. The minimum absolute atomic E-state index is 0.508. The summed E-state index contributed by atoms with van der Waals surface area (Å²) >= 11 is 0. The Morgan fingerprint density at radius 1 is 1.32 bits per heavy atom. The van der Waals surface area contributed by atoms with Crippen molar-refractivity contribution < 1.29 is 0 Å². The summed E-state index contributed by atoms with van der Waals surface area (Å²) in [7, 11) is 0. The number of nitrogens with zero attached hydrogens (tertiary/aromatic N) is 1. The molecule has 0 saturated carbocycles. The third-order valence-corrected chi connectivity index (χ3v) is 3.35. The lowest BCUT2D eigenvalue weighted by molar-refractivity contribution is 0.588. The van der Waals surface area contributed by atoms with Crippen molar-refractivity contribution in [3.8, 4) is 0 Å². The number of fused-ring (bicyclic) bond motifs is 1. The fraction of sp³-hybridized carbons (Fsp3) is 0.412. The smallest absolute Gasteiger partial charge is 0.0525 e. The molecule has 0 amide bonds. The van der Waals surface area contributed by atoms with Crippen molar-refractivity contribution in [2.45, 2.75) is 46.3 Å². The molecule has 1 heterocycles. The number of benzene rings is 1. The molecule has 1 aromatic heterocycles. The van der Waals surface area contributed by atoms with Crippen LogP contribution in [0.2, 0.25) is 0 Å². The van der Waals surface area contributed by atoms with Crippen molar-refractivity contribution in [2.24, 2.45) is 0 Å². The van der Waals surface area contributed by atoms with Gasteiger partial charge in [0.1, 0.15) is 0 Å². The van der Waals surface area contributed by atoms with Crippen LogP contribution in [0.4, 0.5) is 0 Å². The maximum atomic E-state index is 3.99. The number of nitrogens with one attached hydrogen (secondary N) is 1. The molecule has 2 heteroatoms. The summed E-state index contributed by atoms with van der Waals surface area (Å²) in [5, 5.41) is 4.83. The first-order valence-corrected chi connectivity index (χ1v) is 7.02. The highest BCUT2D eigenvalue weighted by atomic mass is 15.0. The average molecular weight is 256 g/mol. The van der Waals surface area contributed by atoms with Crippen molar-refractivity contribution in [3.05, 3.63) is 48.2 Å². The normalized spacial score (nSPS) is 11.4. The topological polar surface area (TPSA) is 17.0 Å². The zero-order valence-electron chi connectivity index (χ0n) is 12.2. The Balaban J connectivity index is 2.29. The Labute approximate surface area is 116 Å². The van der Waals surface area contributed by atoms with E-state index >= 15 is 0 Å². The number of aryl methyl sites for hydroxylation is 1. The van der Waals surface area contributed by atoms with Gasteiger partial charge in [0.05, 0.1) is 5.52 Å². The Bertz CT molecular complexity index is 564. The highest BCUT2D eigenvalue weighted by molar-refractivity contribution is 5.83. The fourth-order valence-corrected chi connectivity index (χ4v) is 2.30. The molecule has 0 saturated heterocycles. The van der Waals surface area contributed by atoms with Crippen LogP contribution in [0.25, 0.3) is 10.9 Å². The van der Waals surface area contributed by atoms with Crippen LogP contribution in [-0.4, -0.2) is 10.6 Å². The summed E-state index contributed by atoms with van der Waals surface area (Å²) in [5.74, 6) is 0. The molecule has 2 aromatic rings. The van der Waals surface area contributed by atoms with Gasteiger partial charge in [0.25, 0.3) is 0 Å². The zero-order valence-corrected chi connectivity index (χ0v) is 12.2. The molecule has 1 aromatic carbocycles. The van der Waals surface area contributed by atoms with E-state index < -0.39 is 0 Å². The average Bonchev–Trinajstić information content (AvgIpc) is 2.77. The highest BCUT2D eigenvalue weighted by Gasteiger charge is 2.06. The quantitative estimate of drug-likeness (QED) is 0.770. The first-order chi connectivity index (χ1) is 9.08. The van der Waals surface area contributed by atoms with Gasteiger partial charge in [0, 0.05) is 25.3 Å². The van der Waals surface area contributed by atoms with Crippen LogP contribution >= 0.6 is 0 Å². The zero-order chi connectivity index (χ0) is 13.8. The fourth-order valence-electron chi connectivity index (χ4n) is 2.30. The lowest BCUT2D eigenvalue weighted by Gasteiger charge is -2.12. The largest absolute Gasteiger partial charge is 0.347 e. The Hall–Kier alpha value is -1.54. The first kappa shape index (κ1) is 13.9. The van der Waals surface area contributed by atoms with E-state index in [9.17, 15) is 0 Å². The minimum atomic E-state index is 0.508. The Morgan fingerprint density at radius 3 is 2.79 bits per heavy atom. The number of hydrogen-bond acceptors (Lipinski definition) is 1. The van der Waals surface area contributed by atoms with Crippen molar-refractivity contribution >= 4 is 10.9 Å². The van der Waals surface area contributed by atoms with E-state index in [0.717, 1.165) is 19.5 Å². The summed E-state index contributed by atoms with van der Waals surface area (Å²) in [6.45, 7) is 12.4. The van der Waals surface area contributed by atoms with E-state index in [0.29, 0.717) is 6.04 Å². The predicted octanol–water partition coefficient (Wildman–Crippen LogP) is 4.11. The van der Waals surface area contributed by atoms with E-state index in [1.54, 1.807) is 0 Å². The molecule has 0 bridgehead atoms. The lowest BCUT2D eigenvalue weighted by atomic mass is 10.1. The van der Waals surface area contributed by atoms with Crippen LogP contribution in [0, 0.1) is 0 Å². The number of allylic oxidation sites excluding steroid dienone is 1. The standard InChI is InChI=1S/C17H24N2/c1-13(2)8-10-19-11-9-15-6-5-7-16(17(15)19)12-18-14(3)4/h5-7,9,11,14,18H,1,8,10,12H2,2-4H3. The molecule has 0 spiro atoms. The van der Waals surface area contributed by atoms with Crippen molar-refractivity contribution in [2.75, 3.05) is 0 Å². The van der Waals surface area contributed by atoms with Gasteiger partial charge in [0.2, 0.25) is 0 Å². The number of para-hydroxylation sites is 1. The highest BCUT2D eigenvalue weighted by Crippen LogP contribution is 2.21. The first-order valence-electron chi connectivity index (χ1n) is 7.02. The molecular formula is C17H24N2. The van der Waals surface area contributed by atoms with Crippen molar-refractivity contribution in [1.29, 1.82) is 0 Å². The second-order valence-electron chi connectivity index (χ2n) is 5.61. The molecule has 102 valence electrons. The van der Waals surface area contributed by atoms with Crippen LogP contribution in [0.15, 0.2) is 42.6 Å². The monoisotopic (exact) mass is 256 g/mol. The van der Waals surface area contributed by atoms with E-state index in [-0.39, 0.29) is 0 Å². The Kier molecular flexibility index (Phi) is 4.43. The van der Waals surface area contributed by atoms with Crippen molar-refractivity contribution in [1.82, 2.24) is 9.88 Å². The minimum Gasteiger partial charge on any atom is -0.347 e. The molecule has 2 rings (SSSR count). The van der Waals surface area contributed by atoms with Crippen LogP contribution in [0.5, 0.6) is 0 Å².